The second-order valence-electron chi connectivity index (χ2n) is 10.7. The number of morpholine rings is 1. The monoisotopic (exact) mass is 529 g/mol. The number of nitrogens with one attached hydrogen (secondary N) is 1. The first kappa shape index (κ1) is 27.1. The number of nitrogens with zero attached hydrogens (tertiary/aromatic N) is 2. The van der Waals surface area contributed by atoms with E-state index in [9.17, 15) is 19.5 Å². The zero-order chi connectivity index (χ0) is 26.9. The number of benzene rings is 1. The molecule has 10 heteroatoms. The SMILES string of the molecule is CCOC(=O)[C@@H]1[C@H]2C(=O)N([C@H](CO)c3ccccc3)C(C(=O)NCCN3CCOCC3)C23CC[C@@]1(CC)O3. The maximum atomic E-state index is 14.3. The van der Waals surface area contributed by atoms with Crippen LogP contribution in [0.25, 0.3) is 0 Å². The van der Waals surface area contributed by atoms with Gasteiger partial charge in [0.05, 0.1) is 44.0 Å². The van der Waals surface area contributed by atoms with Gasteiger partial charge < -0.3 is 29.5 Å². The number of carbonyl (C=O) groups excluding carboxylic acids is 3. The van der Waals surface area contributed by atoms with Gasteiger partial charge in [0, 0.05) is 26.2 Å². The van der Waals surface area contributed by atoms with Crippen molar-refractivity contribution in [3.63, 3.8) is 0 Å². The first-order chi connectivity index (χ1) is 18.4. The molecule has 2 bridgehead atoms. The molecule has 6 atom stereocenters. The van der Waals surface area contributed by atoms with E-state index in [0.717, 1.165) is 18.7 Å². The van der Waals surface area contributed by atoms with Crippen molar-refractivity contribution in [3.8, 4) is 0 Å². The summed E-state index contributed by atoms with van der Waals surface area (Å²) in [6.45, 7) is 7.55. The molecule has 0 radical (unpaired) electrons. The van der Waals surface area contributed by atoms with E-state index < -0.39 is 41.1 Å². The average Bonchev–Trinajstić information content (AvgIpc) is 3.54. The quantitative estimate of drug-likeness (QED) is 0.429. The summed E-state index contributed by atoms with van der Waals surface area (Å²) in [5, 5.41) is 13.6. The van der Waals surface area contributed by atoms with Gasteiger partial charge in [-0.1, -0.05) is 37.3 Å². The van der Waals surface area contributed by atoms with Crippen LogP contribution >= 0.6 is 0 Å². The lowest BCUT2D eigenvalue weighted by Gasteiger charge is -2.37. The molecule has 38 heavy (non-hydrogen) atoms. The van der Waals surface area contributed by atoms with E-state index in [4.69, 9.17) is 14.2 Å². The molecule has 4 aliphatic heterocycles. The number of aliphatic hydroxyl groups excluding tert-OH is 1. The minimum absolute atomic E-state index is 0.196. The van der Waals surface area contributed by atoms with Crippen molar-refractivity contribution in [1.82, 2.24) is 15.1 Å². The Bertz CT molecular complexity index is 1030. The molecule has 10 nitrogen and oxygen atoms in total. The van der Waals surface area contributed by atoms with Gasteiger partial charge in [-0.15, -0.1) is 0 Å². The van der Waals surface area contributed by atoms with E-state index in [1.165, 1.54) is 4.90 Å². The standard InChI is InChI=1S/C28H39N3O7/c1-3-27-10-11-28(38-27)21(22(27)26(35)37-4-2)25(34)31(20(18-32)19-8-6-5-7-9-19)23(28)24(33)29-12-13-30-14-16-36-17-15-30/h5-9,20-23,32H,3-4,10-18H2,1-2H3,(H,29,33)/t20-,21+,22+,23?,27-,28?/m1/s1. The summed E-state index contributed by atoms with van der Waals surface area (Å²) in [5.41, 5.74) is -1.28. The van der Waals surface area contributed by atoms with Crippen LogP contribution in [0.2, 0.25) is 0 Å². The van der Waals surface area contributed by atoms with Gasteiger partial charge in [0.2, 0.25) is 11.8 Å². The molecular weight excluding hydrogens is 490 g/mol. The van der Waals surface area contributed by atoms with E-state index in [1.807, 2.05) is 37.3 Å². The van der Waals surface area contributed by atoms with Crippen LogP contribution in [0.15, 0.2) is 30.3 Å². The molecule has 1 aromatic carbocycles. The van der Waals surface area contributed by atoms with E-state index in [0.29, 0.717) is 45.6 Å². The Hall–Kier alpha value is -2.53. The zero-order valence-electron chi connectivity index (χ0n) is 22.3. The predicted octanol–water partition coefficient (Wildman–Crippen LogP) is 0.886. The van der Waals surface area contributed by atoms with Crippen molar-refractivity contribution >= 4 is 17.8 Å². The molecule has 0 saturated carbocycles. The smallest absolute Gasteiger partial charge is 0.312 e. The van der Waals surface area contributed by atoms with Crippen molar-refractivity contribution < 1.29 is 33.7 Å². The highest BCUT2D eigenvalue weighted by Crippen LogP contribution is 2.65. The second kappa shape index (κ2) is 10.9. The number of hydrogen-bond acceptors (Lipinski definition) is 8. The molecule has 1 spiro atoms. The molecule has 4 heterocycles. The molecular formula is C28H39N3O7. The minimum Gasteiger partial charge on any atom is -0.466 e. The normalized spacial score (nSPS) is 33.3. The lowest BCUT2D eigenvalue weighted by Crippen LogP contribution is -2.57. The van der Waals surface area contributed by atoms with Crippen LogP contribution in [0.1, 0.15) is 44.7 Å². The molecule has 4 fully saturated rings. The fourth-order valence-electron chi connectivity index (χ4n) is 7.17. The Morgan fingerprint density at radius 1 is 1.18 bits per heavy atom. The third-order valence-electron chi connectivity index (χ3n) is 8.93. The fraction of sp³-hybridized carbons (Fsp3) is 0.679. The van der Waals surface area contributed by atoms with Gasteiger partial charge in [-0.3, -0.25) is 19.3 Å². The number of aliphatic hydroxyl groups is 1. The number of amides is 2. The Kier molecular flexibility index (Phi) is 7.77. The molecule has 4 saturated heterocycles. The first-order valence-corrected chi connectivity index (χ1v) is 13.8. The Labute approximate surface area is 223 Å². The summed E-state index contributed by atoms with van der Waals surface area (Å²) in [7, 11) is 0. The first-order valence-electron chi connectivity index (χ1n) is 13.8. The van der Waals surface area contributed by atoms with Gasteiger partial charge in [0.15, 0.2) is 0 Å². The number of esters is 1. The topological polar surface area (TPSA) is 118 Å². The Morgan fingerprint density at radius 3 is 2.58 bits per heavy atom. The van der Waals surface area contributed by atoms with Crippen molar-refractivity contribution in [2.24, 2.45) is 11.8 Å². The van der Waals surface area contributed by atoms with Crippen LogP contribution in [-0.2, 0) is 28.6 Å². The van der Waals surface area contributed by atoms with E-state index in [-0.39, 0.29) is 25.0 Å². The second-order valence-corrected chi connectivity index (χ2v) is 10.7. The van der Waals surface area contributed by atoms with Crippen LogP contribution < -0.4 is 5.32 Å². The largest absolute Gasteiger partial charge is 0.466 e. The summed E-state index contributed by atoms with van der Waals surface area (Å²) in [4.78, 5) is 45.3. The average molecular weight is 530 g/mol. The minimum atomic E-state index is -1.16. The van der Waals surface area contributed by atoms with Crippen molar-refractivity contribution in [2.75, 3.05) is 52.6 Å². The zero-order valence-corrected chi connectivity index (χ0v) is 22.3. The molecule has 0 aromatic heterocycles. The molecule has 4 aliphatic rings. The molecule has 1 aromatic rings. The lowest BCUT2D eigenvalue weighted by molar-refractivity contribution is -0.162. The van der Waals surface area contributed by atoms with E-state index in [2.05, 4.69) is 10.2 Å². The highest BCUT2D eigenvalue weighted by molar-refractivity contribution is 5.98. The van der Waals surface area contributed by atoms with E-state index in [1.54, 1.807) is 6.92 Å². The maximum absolute atomic E-state index is 14.3. The number of hydrogen-bond donors (Lipinski definition) is 2. The fourth-order valence-corrected chi connectivity index (χ4v) is 7.17. The van der Waals surface area contributed by atoms with Crippen LogP contribution in [0, 0.1) is 11.8 Å². The molecule has 2 N–H and O–H groups in total. The third kappa shape index (κ3) is 4.31. The molecule has 5 rings (SSSR count). The summed E-state index contributed by atoms with van der Waals surface area (Å²) < 4.78 is 17.6. The Morgan fingerprint density at radius 2 is 1.92 bits per heavy atom. The van der Waals surface area contributed by atoms with Crippen LogP contribution in [0.5, 0.6) is 0 Å². The lowest BCUT2D eigenvalue weighted by atomic mass is 9.65. The summed E-state index contributed by atoms with van der Waals surface area (Å²) in [5.74, 6) is -2.75. The van der Waals surface area contributed by atoms with Crippen LogP contribution in [0.3, 0.4) is 0 Å². The summed E-state index contributed by atoms with van der Waals surface area (Å²) in [6.07, 6.45) is 1.59. The van der Waals surface area contributed by atoms with Crippen molar-refractivity contribution in [3.05, 3.63) is 35.9 Å². The maximum Gasteiger partial charge on any atom is 0.312 e. The Balaban J connectivity index is 1.49. The van der Waals surface area contributed by atoms with Gasteiger partial charge in [-0.2, -0.15) is 0 Å². The predicted molar refractivity (Wildman–Crippen MR) is 137 cm³/mol. The van der Waals surface area contributed by atoms with Gasteiger partial charge in [0.25, 0.3) is 0 Å². The van der Waals surface area contributed by atoms with Gasteiger partial charge >= 0.3 is 5.97 Å². The number of ether oxygens (including phenoxy) is 3. The number of carbonyl (C=O) groups is 3. The number of rotatable bonds is 10. The van der Waals surface area contributed by atoms with Crippen molar-refractivity contribution in [1.29, 1.82) is 0 Å². The highest BCUT2D eigenvalue weighted by atomic mass is 16.6. The van der Waals surface area contributed by atoms with Gasteiger partial charge in [-0.25, -0.2) is 0 Å². The summed E-state index contributed by atoms with van der Waals surface area (Å²) >= 11 is 0. The number of likely N-dealkylation sites (tertiary alicyclic amines) is 1. The van der Waals surface area contributed by atoms with Crippen molar-refractivity contribution in [2.45, 2.75) is 56.4 Å². The molecule has 2 unspecified atom stereocenters. The molecule has 2 amide bonds. The molecule has 0 aliphatic carbocycles. The van der Waals surface area contributed by atoms with Crippen LogP contribution in [-0.4, -0.2) is 103 Å². The van der Waals surface area contributed by atoms with Crippen LogP contribution in [0.4, 0.5) is 0 Å². The van der Waals surface area contributed by atoms with Gasteiger partial charge in [0.1, 0.15) is 17.6 Å². The number of fused-ring (bicyclic) bond motifs is 1. The van der Waals surface area contributed by atoms with Gasteiger partial charge in [-0.05, 0) is 31.7 Å². The molecule has 208 valence electrons. The summed E-state index contributed by atoms with van der Waals surface area (Å²) in [6, 6.07) is 7.48. The highest BCUT2D eigenvalue weighted by Gasteiger charge is 2.79. The van der Waals surface area contributed by atoms with E-state index >= 15 is 0 Å². The third-order valence-corrected chi connectivity index (χ3v) is 8.93.